The standard InChI is InChI=1S/C21H21ClN8O2/c1-2-3-11-29-18-17(25-20(22)26-18)19-24-14(27-30(19)21(29)31)9-10-16-23-15(28-32-16)12-13-7-5-4-6-8-13/h4-8H,2-3,9-12H2,1H3,(H,25,26)/p+1. The number of hydrogen-bond donors (Lipinski definition) is 1. The Morgan fingerprint density at radius 1 is 1.16 bits per heavy atom. The van der Waals surface area contributed by atoms with Gasteiger partial charge in [-0.25, -0.2) is 19.3 Å². The molecule has 0 aliphatic heterocycles. The lowest BCUT2D eigenvalue weighted by molar-refractivity contribution is -0.346. The first-order valence-corrected chi connectivity index (χ1v) is 10.9. The molecule has 0 aliphatic rings. The van der Waals surface area contributed by atoms with Gasteiger partial charge in [-0.15, -0.1) is 9.61 Å². The second-order valence-corrected chi connectivity index (χ2v) is 7.98. The molecule has 4 heterocycles. The van der Waals surface area contributed by atoms with Crippen LogP contribution in [-0.4, -0.2) is 34.3 Å². The summed E-state index contributed by atoms with van der Waals surface area (Å²) in [5, 5.41) is 8.82. The molecule has 0 atom stereocenters. The van der Waals surface area contributed by atoms with E-state index in [1.165, 1.54) is 4.52 Å². The van der Waals surface area contributed by atoms with Crippen LogP contribution in [0.3, 0.4) is 0 Å². The van der Waals surface area contributed by atoms with Crippen molar-refractivity contribution in [1.29, 1.82) is 0 Å². The molecule has 0 radical (unpaired) electrons. The zero-order valence-corrected chi connectivity index (χ0v) is 18.3. The number of H-pyrrole nitrogens is 2. The molecule has 32 heavy (non-hydrogen) atoms. The average Bonchev–Trinajstić information content (AvgIpc) is 3.51. The fraction of sp³-hybridized carbons (Fsp3) is 0.333. The first-order chi connectivity index (χ1) is 15.6. The molecule has 11 heteroatoms. The minimum atomic E-state index is -0.255. The molecular formula is C21H22ClN8O2+. The van der Waals surface area contributed by atoms with E-state index in [1.807, 2.05) is 30.3 Å². The highest BCUT2D eigenvalue weighted by Gasteiger charge is 2.23. The summed E-state index contributed by atoms with van der Waals surface area (Å²) in [5.74, 6) is 1.66. The van der Waals surface area contributed by atoms with E-state index in [-0.39, 0.29) is 5.69 Å². The van der Waals surface area contributed by atoms with Gasteiger partial charge in [-0.2, -0.15) is 4.98 Å². The molecular weight excluding hydrogens is 432 g/mol. The van der Waals surface area contributed by atoms with E-state index in [2.05, 4.69) is 37.1 Å². The predicted molar refractivity (Wildman–Crippen MR) is 117 cm³/mol. The Morgan fingerprint density at radius 3 is 2.81 bits per heavy atom. The average molecular weight is 454 g/mol. The minimum absolute atomic E-state index is 0.255. The number of nitrogens with zero attached hydrogens (tertiary/aromatic N) is 6. The van der Waals surface area contributed by atoms with Crippen molar-refractivity contribution in [3.05, 3.63) is 69.2 Å². The number of aromatic nitrogens is 8. The Bertz CT molecular complexity index is 1430. The fourth-order valence-electron chi connectivity index (χ4n) is 3.68. The Labute approximate surface area is 187 Å². The molecule has 4 aromatic heterocycles. The Morgan fingerprint density at radius 2 is 2.00 bits per heavy atom. The zero-order valence-electron chi connectivity index (χ0n) is 17.5. The molecule has 1 aromatic carbocycles. The maximum Gasteiger partial charge on any atom is 0.409 e. The van der Waals surface area contributed by atoms with Gasteiger partial charge in [0.05, 0.1) is 6.54 Å². The summed E-state index contributed by atoms with van der Waals surface area (Å²) in [6.07, 6.45) is 3.37. The highest BCUT2D eigenvalue weighted by Crippen LogP contribution is 2.15. The van der Waals surface area contributed by atoms with E-state index in [4.69, 9.17) is 16.1 Å². The quantitative estimate of drug-likeness (QED) is 0.360. The number of aromatic amines is 2. The third kappa shape index (κ3) is 3.89. The molecule has 5 rings (SSSR count). The van der Waals surface area contributed by atoms with Crippen LogP contribution in [0.4, 0.5) is 0 Å². The summed E-state index contributed by atoms with van der Waals surface area (Å²) in [6.45, 7) is 2.64. The monoisotopic (exact) mass is 453 g/mol. The molecule has 0 amide bonds. The number of halogens is 1. The van der Waals surface area contributed by atoms with Gasteiger partial charge in [-0.1, -0.05) is 48.8 Å². The summed E-state index contributed by atoms with van der Waals surface area (Å²) < 4.78 is 8.34. The van der Waals surface area contributed by atoms with Gasteiger partial charge < -0.3 is 4.52 Å². The number of hydrogen-bond acceptors (Lipinski definition) is 6. The van der Waals surface area contributed by atoms with Crippen LogP contribution in [0, 0.1) is 0 Å². The molecule has 164 valence electrons. The van der Waals surface area contributed by atoms with Gasteiger partial charge >= 0.3 is 5.69 Å². The summed E-state index contributed by atoms with van der Waals surface area (Å²) >= 11 is 6.14. The van der Waals surface area contributed by atoms with Crippen LogP contribution in [0.2, 0.25) is 5.28 Å². The van der Waals surface area contributed by atoms with Crippen LogP contribution >= 0.6 is 11.6 Å². The van der Waals surface area contributed by atoms with E-state index >= 15 is 0 Å². The summed E-state index contributed by atoms with van der Waals surface area (Å²) in [5.41, 5.74) is 2.56. The lowest BCUT2D eigenvalue weighted by atomic mass is 10.1. The maximum atomic E-state index is 13.0. The molecule has 10 nitrogen and oxygen atoms in total. The molecule has 5 aromatic rings. The van der Waals surface area contributed by atoms with Crippen LogP contribution in [0.1, 0.15) is 42.9 Å². The van der Waals surface area contributed by atoms with Crippen molar-refractivity contribution in [1.82, 2.24) is 34.3 Å². The number of unbranched alkanes of at least 4 members (excludes halogenated alkanes) is 1. The highest BCUT2D eigenvalue weighted by atomic mass is 35.5. The number of aryl methyl sites for hydroxylation is 3. The van der Waals surface area contributed by atoms with Gasteiger partial charge in [0.15, 0.2) is 11.6 Å². The van der Waals surface area contributed by atoms with Crippen LogP contribution in [-0.2, 0) is 25.8 Å². The lowest BCUT2D eigenvalue weighted by Crippen LogP contribution is -2.30. The van der Waals surface area contributed by atoms with Crippen molar-refractivity contribution >= 4 is 28.4 Å². The van der Waals surface area contributed by atoms with Crippen molar-refractivity contribution in [3.8, 4) is 0 Å². The third-order valence-electron chi connectivity index (χ3n) is 5.27. The molecule has 0 aliphatic carbocycles. The number of imidazole rings is 1. The molecule has 0 fully saturated rings. The van der Waals surface area contributed by atoms with Gasteiger partial charge in [0.2, 0.25) is 17.1 Å². The zero-order chi connectivity index (χ0) is 22.1. The van der Waals surface area contributed by atoms with E-state index in [0.29, 0.717) is 65.4 Å². The lowest BCUT2D eigenvalue weighted by Gasteiger charge is -2.00. The molecule has 0 saturated heterocycles. The van der Waals surface area contributed by atoms with E-state index in [9.17, 15) is 4.79 Å². The maximum absolute atomic E-state index is 13.0. The third-order valence-corrected chi connectivity index (χ3v) is 5.46. The Kier molecular flexibility index (Phi) is 5.44. The van der Waals surface area contributed by atoms with Crippen LogP contribution in [0.25, 0.3) is 16.8 Å². The Hall–Kier alpha value is -3.53. The van der Waals surface area contributed by atoms with Crippen LogP contribution in [0.15, 0.2) is 39.6 Å². The molecule has 0 saturated carbocycles. The van der Waals surface area contributed by atoms with Gasteiger partial charge in [0.1, 0.15) is 0 Å². The SMILES string of the molecule is CCCCn1c(=O)n2nc(CCc3nc(Cc4ccccc4)no3)nc2c2[nH]c(Cl)[nH+]c21. The number of benzene rings is 1. The molecule has 0 bridgehead atoms. The van der Waals surface area contributed by atoms with E-state index < -0.39 is 0 Å². The van der Waals surface area contributed by atoms with Gasteiger partial charge in [0.25, 0.3) is 10.9 Å². The number of rotatable bonds is 8. The van der Waals surface area contributed by atoms with Crippen molar-refractivity contribution in [2.75, 3.05) is 0 Å². The smallest absolute Gasteiger partial charge is 0.339 e. The predicted octanol–water partition coefficient (Wildman–Crippen LogP) is 2.40. The summed E-state index contributed by atoms with van der Waals surface area (Å²) in [7, 11) is 0. The number of fused-ring (bicyclic) bond motifs is 3. The van der Waals surface area contributed by atoms with Crippen molar-refractivity contribution < 1.29 is 9.51 Å². The minimum Gasteiger partial charge on any atom is -0.339 e. The Balaban J connectivity index is 1.39. The van der Waals surface area contributed by atoms with Crippen LogP contribution < -0.4 is 10.7 Å². The van der Waals surface area contributed by atoms with E-state index in [0.717, 1.165) is 18.4 Å². The summed E-state index contributed by atoms with van der Waals surface area (Å²) in [4.78, 5) is 28.1. The summed E-state index contributed by atoms with van der Waals surface area (Å²) in [6, 6.07) is 9.98. The van der Waals surface area contributed by atoms with Crippen molar-refractivity contribution in [2.45, 2.75) is 45.6 Å². The van der Waals surface area contributed by atoms with Crippen molar-refractivity contribution in [3.63, 3.8) is 0 Å². The largest absolute Gasteiger partial charge is 0.409 e. The first kappa shape index (κ1) is 20.4. The van der Waals surface area contributed by atoms with Gasteiger partial charge in [-0.05, 0) is 23.6 Å². The molecule has 0 unspecified atom stereocenters. The normalized spacial score (nSPS) is 11.7. The first-order valence-electron chi connectivity index (χ1n) is 10.6. The van der Waals surface area contributed by atoms with Crippen LogP contribution in [0.5, 0.6) is 0 Å². The number of nitrogens with one attached hydrogen (secondary N) is 2. The second-order valence-electron chi connectivity index (χ2n) is 7.61. The topological polar surface area (TPSA) is 121 Å². The second kappa shape index (κ2) is 8.54. The fourth-order valence-corrected chi connectivity index (χ4v) is 3.87. The van der Waals surface area contributed by atoms with Gasteiger partial charge in [-0.3, -0.25) is 4.98 Å². The van der Waals surface area contributed by atoms with Gasteiger partial charge in [0, 0.05) is 19.3 Å². The highest BCUT2D eigenvalue weighted by molar-refractivity contribution is 6.27. The van der Waals surface area contributed by atoms with E-state index in [1.54, 1.807) is 4.57 Å². The molecule has 2 N–H and O–H groups in total. The molecule has 0 spiro atoms. The van der Waals surface area contributed by atoms with Crippen molar-refractivity contribution in [2.24, 2.45) is 0 Å².